The highest BCUT2D eigenvalue weighted by Crippen LogP contribution is 2.37. The minimum atomic E-state index is -0.736. The van der Waals surface area contributed by atoms with Gasteiger partial charge in [-0.2, -0.15) is 4.68 Å². The topological polar surface area (TPSA) is 114 Å². The lowest BCUT2D eigenvalue weighted by Gasteiger charge is -2.45. The zero-order valence-electron chi connectivity index (χ0n) is 16.5. The van der Waals surface area contributed by atoms with E-state index in [1.54, 1.807) is 12.0 Å². The van der Waals surface area contributed by atoms with Crippen molar-refractivity contribution in [3.05, 3.63) is 22.3 Å². The molecule has 0 bridgehead atoms. The highest BCUT2D eigenvalue weighted by atomic mass is 32.1. The summed E-state index contributed by atoms with van der Waals surface area (Å²) in [6, 6.07) is 0. The molecule has 28 heavy (non-hydrogen) atoms. The second-order valence-corrected chi connectivity index (χ2v) is 8.57. The van der Waals surface area contributed by atoms with Crippen molar-refractivity contribution >= 4 is 17.2 Å². The van der Waals surface area contributed by atoms with Crippen LogP contribution in [-0.2, 0) is 4.74 Å². The van der Waals surface area contributed by atoms with E-state index in [2.05, 4.69) is 15.5 Å². The summed E-state index contributed by atoms with van der Waals surface area (Å²) < 4.78 is 6.62. The first-order valence-electron chi connectivity index (χ1n) is 9.34. The number of amides is 1. The van der Waals surface area contributed by atoms with Crippen LogP contribution >= 0.6 is 11.3 Å². The van der Waals surface area contributed by atoms with Crippen LogP contribution in [0.5, 0.6) is 0 Å². The summed E-state index contributed by atoms with van der Waals surface area (Å²) in [5.41, 5.74) is 0.746. The van der Waals surface area contributed by atoms with Crippen LogP contribution in [0, 0.1) is 19.3 Å². The van der Waals surface area contributed by atoms with E-state index in [4.69, 9.17) is 4.74 Å². The largest absolute Gasteiger partial charge is 0.396 e. The molecule has 0 aromatic carbocycles. The molecule has 0 spiro atoms. The number of tetrazole rings is 1. The fourth-order valence-electron chi connectivity index (χ4n) is 3.81. The normalized spacial score (nSPS) is 22.6. The summed E-state index contributed by atoms with van der Waals surface area (Å²) >= 11 is 1.47. The van der Waals surface area contributed by atoms with Gasteiger partial charge in [-0.05, 0) is 49.1 Å². The Labute approximate surface area is 167 Å². The molecule has 2 atom stereocenters. The lowest BCUT2D eigenvalue weighted by Crippen LogP contribution is -2.55. The smallest absolute Gasteiger partial charge is 0.257 e. The summed E-state index contributed by atoms with van der Waals surface area (Å²) in [6.07, 6.45) is 2.56. The molecule has 154 valence electrons. The van der Waals surface area contributed by atoms with Gasteiger partial charge in [-0.3, -0.25) is 4.79 Å². The molecule has 9 nitrogen and oxygen atoms in total. The summed E-state index contributed by atoms with van der Waals surface area (Å²) in [5, 5.41) is 32.6. The monoisotopic (exact) mass is 409 g/mol. The summed E-state index contributed by atoms with van der Waals surface area (Å²) in [6.45, 7) is 5.00. The van der Waals surface area contributed by atoms with Crippen molar-refractivity contribution in [3.63, 3.8) is 0 Å². The number of aromatic nitrogens is 4. The standard InChI is InChI=1S/C18H27N5O4S/c1-12-13(2)28-17(23-11-19-20-21-23)15(12)16(26)22-7-5-14(25)18(9-22,10-24)6-4-8-27-3/h11,14,24-25H,4-10H2,1-3H3/t14-,18+/m1/s1. The maximum absolute atomic E-state index is 13.5. The van der Waals surface area contributed by atoms with E-state index in [1.165, 1.54) is 22.3 Å². The third-order valence-corrected chi connectivity index (χ3v) is 6.84. The molecular formula is C18H27N5O4S. The zero-order chi connectivity index (χ0) is 20.3. The predicted octanol–water partition coefficient (Wildman–Crippen LogP) is 0.953. The molecule has 2 aromatic rings. The van der Waals surface area contributed by atoms with Crippen molar-refractivity contribution in [3.8, 4) is 5.00 Å². The van der Waals surface area contributed by atoms with Gasteiger partial charge in [0.2, 0.25) is 0 Å². The lowest BCUT2D eigenvalue weighted by atomic mass is 9.74. The minimum absolute atomic E-state index is 0.121. The average Bonchev–Trinajstić information content (AvgIpc) is 3.32. The first-order valence-corrected chi connectivity index (χ1v) is 10.2. The van der Waals surface area contributed by atoms with Crippen LogP contribution in [0.4, 0.5) is 0 Å². The molecule has 1 amide bonds. The number of piperidine rings is 1. The molecule has 0 unspecified atom stereocenters. The molecule has 0 radical (unpaired) electrons. The fourth-order valence-corrected chi connectivity index (χ4v) is 4.87. The molecule has 1 saturated heterocycles. The molecule has 3 heterocycles. The number of carbonyl (C=O) groups is 1. The van der Waals surface area contributed by atoms with Crippen LogP contribution in [0.15, 0.2) is 6.33 Å². The van der Waals surface area contributed by atoms with Gasteiger partial charge in [-0.15, -0.1) is 16.4 Å². The molecular weight excluding hydrogens is 382 g/mol. The first kappa shape index (κ1) is 20.8. The predicted molar refractivity (Wildman–Crippen MR) is 104 cm³/mol. The maximum atomic E-state index is 13.5. The summed E-state index contributed by atoms with van der Waals surface area (Å²) in [5.74, 6) is -0.121. The highest BCUT2D eigenvalue weighted by Gasteiger charge is 2.44. The van der Waals surface area contributed by atoms with E-state index in [-0.39, 0.29) is 12.5 Å². The Morgan fingerprint density at radius 3 is 2.89 bits per heavy atom. The molecule has 10 heteroatoms. The molecule has 3 rings (SSSR count). The van der Waals surface area contributed by atoms with Gasteiger partial charge in [0.05, 0.1) is 18.3 Å². The van der Waals surface area contributed by atoms with Gasteiger partial charge in [0.15, 0.2) is 0 Å². The number of methoxy groups -OCH3 is 1. The molecule has 2 aromatic heterocycles. The molecule has 1 aliphatic heterocycles. The first-order chi connectivity index (χ1) is 13.4. The van der Waals surface area contributed by atoms with Gasteiger partial charge in [0.25, 0.3) is 5.91 Å². The van der Waals surface area contributed by atoms with Gasteiger partial charge < -0.3 is 19.8 Å². The maximum Gasteiger partial charge on any atom is 0.257 e. The quantitative estimate of drug-likeness (QED) is 0.655. The van der Waals surface area contributed by atoms with E-state index >= 15 is 0 Å². The molecule has 1 aliphatic rings. The second-order valence-electron chi connectivity index (χ2n) is 7.37. The van der Waals surface area contributed by atoms with E-state index in [0.717, 1.165) is 10.4 Å². The number of aliphatic hydroxyl groups is 2. The highest BCUT2D eigenvalue weighted by molar-refractivity contribution is 7.15. The number of ether oxygens (including phenoxy) is 1. The van der Waals surface area contributed by atoms with Crippen molar-refractivity contribution < 1.29 is 19.7 Å². The van der Waals surface area contributed by atoms with Gasteiger partial charge >= 0.3 is 0 Å². The number of rotatable bonds is 7. The van der Waals surface area contributed by atoms with Crippen LogP contribution in [0.1, 0.15) is 40.1 Å². The second kappa shape index (κ2) is 8.64. The average molecular weight is 410 g/mol. The number of nitrogens with zero attached hydrogens (tertiary/aromatic N) is 5. The van der Waals surface area contributed by atoms with Crippen LogP contribution in [0.2, 0.25) is 0 Å². The number of thiophene rings is 1. The van der Waals surface area contributed by atoms with Crippen molar-refractivity contribution in [2.45, 2.75) is 39.2 Å². The van der Waals surface area contributed by atoms with Crippen molar-refractivity contribution in [2.75, 3.05) is 33.4 Å². The van der Waals surface area contributed by atoms with Crippen molar-refractivity contribution in [1.82, 2.24) is 25.1 Å². The van der Waals surface area contributed by atoms with Gasteiger partial charge in [-0.25, -0.2) is 0 Å². The minimum Gasteiger partial charge on any atom is -0.396 e. The SMILES string of the molecule is COCCC[C@@]1(CO)CN(C(=O)c2c(-n3cnnn3)sc(C)c2C)CC[C@H]1O. The third-order valence-electron chi connectivity index (χ3n) is 5.65. The Morgan fingerprint density at radius 2 is 2.25 bits per heavy atom. The van der Waals surface area contributed by atoms with Crippen molar-refractivity contribution in [1.29, 1.82) is 0 Å². The number of hydrogen-bond acceptors (Lipinski definition) is 8. The Bertz CT molecular complexity index is 809. The van der Waals surface area contributed by atoms with E-state index < -0.39 is 11.5 Å². The van der Waals surface area contributed by atoms with Crippen LogP contribution < -0.4 is 0 Å². The number of carbonyl (C=O) groups excluding carboxylic acids is 1. The van der Waals surface area contributed by atoms with E-state index in [1.807, 2.05) is 13.8 Å². The van der Waals surface area contributed by atoms with Crippen LogP contribution in [0.3, 0.4) is 0 Å². The fraction of sp³-hybridized carbons (Fsp3) is 0.667. The third kappa shape index (κ3) is 3.82. The van der Waals surface area contributed by atoms with E-state index in [0.29, 0.717) is 49.5 Å². The van der Waals surface area contributed by atoms with Gasteiger partial charge in [0, 0.05) is 37.1 Å². The molecule has 1 fully saturated rings. The Hall–Kier alpha value is -1.88. The number of likely N-dealkylation sites (tertiary alicyclic amines) is 1. The lowest BCUT2D eigenvalue weighted by molar-refractivity contribution is -0.0745. The van der Waals surface area contributed by atoms with Crippen LogP contribution in [-0.4, -0.2) is 80.7 Å². The zero-order valence-corrected chi connectivity index (χ0v) is 17.3. The van der Waals surface area contributed by atoms with Gasteiger partial charge in [0.1, 0.15) is 11.3 Å². The number of aliphatic hydroxyl groups excluding tert-OH is 2. The summed E-state index contributed by atoms with van der Waals surface area (Å²) in [4.78, 5) is 16.2. The van der Waals surface area contributed by atoms with E-state index in [9.17, 15) is 15.0 Å². The number of hydrogen-bond donors (Lipinski definition) is 2. The van der Waals surface area contributed by atoms with Gasteiger partial charge in [-0.1, -0.05) is 0 Å². The Morgan fingerprint density at radius 1 is 1.46 bits per heavy atom. The molecule has 0 saturated carbocycles. The summed E-state index contributed by atoms with van der Waals surface area (Å²) in [7, 11) is 1.63. The number of aryl methyl sites for hydroxylation is 1. The molecule has 2 N–H and O–H groups in total. The Kier molecular flexibility index (Phi) is 6.43. The Balaban J connectivity index is 1.89. The molecule has 0 aliphatic carbocycles. The van der Waals surface area contributed by atoms with Crippen molar-refractivity contribution in [2.24, 2.45) is 5.41 Å². The van der Waals surface area contributed by atoms with Crippen LogP contribution in [0.25, 0.3) is 5.00 Å².